The lowest BCUT2D eigenvalue weighted by Gasteiger charge is -2.14. The normalized spacial score (nSPS) is 10.6. The molecule has 35 heavy (non-hydrogen) atoms. The van der Waals surface area contributed by atoms with Crippen molar-refractivity contribution in [3.63, 3.8) is 0 Å². The van der Waals surface area contributed by atoms with Crippen molar-refractivity contribution in [1.29, 1.82) is 0 Å². The van der Waals surface area contributed by atoms with Crippen molar-refractivity contribution in [3.8, 4) is 17.2 Å². The molecule has 10 heteroatoms. The number of nitrogens with one attached hydrogen (secondary N) is 2. The van der Waals surface area contributed by atoms with Crippen LogP contribution in [-0.4, -0.2) is 41.4 Å². The molecule has 1 heterocycles. The molecule has 0 aliphatic rings. The third kappa shape index (κ3) is 5.56. The number of rotatable bonds is 9. The number of nitrogens with zero attached hydrogens (tertiary/aromatic N) is 2. The van der Waals surface area contributed by atoms with Gasteiger partial charge in [0.25, 0.3) is 5.91 Å². The summed E-state index contributed by atoms with van der Waals surface area (Å²) in [7, 11) is 1.54. The molecule has 0 aliphatic carbocycles. The van der Waals surface area contributed by atoms with Gasteiger partial charge in [-0.25, -0.2) is 19.8 Å². The number of fused-ring (bicyclic) bond motifs is 1. The van der Waals surface area contributed by atoms with Crippen LogP contribution in [0.1, 0.15) is 15.9 Å². The number of methoxy groups -OCH3 is 1. The summed E-state index contributed by atoms with van der Waals surface area (Å²) in [5.74, 6) is 1.18. The minimum absolute atomic E-state index is 0.217. The molecule has 1 amide bonds. The van der Waals surface area contributed by atoms with Gasteiger partial charge in [0.1, 0.15) is 36.9 Å². The van der Waals surface area contributed by atoms with Crippen molar-refractivity contribution in [3.05, 3.63) is 77.9 Å². The van der Waals surface area contributed by atoms with E-state index in [9.17, 15) is 9.18 Å². The zero-order chi connectivity index (χ0) is 24.8. The Morgan fingerprint density at radius 2 is 1.77 bits per heavy atom. The number of aryl methyl sites for hydroxylation is 1. The summed E-state index contributed by atoms with van der Waals surface area (Å²) < 4.78 is 30.6. The summed E-state index contributed by atoms with van der Waals surface area (Å²) in [4.78, 5) is 20.0. The standard InChI is InChI=1S/C25H23FN4O5/c1-15-11-17(5-8-20(15)26)29-24-19-12-23(22(33-2)13-21(19)27-14-28-24)35-10-9-34-18-6-3-16(4-7-18)25(31)30-32/h3-8,11-14,32H,9-10H2,1-2H3,(H,30,31)(H,27,28,29). The van der Waals surface area contributed by atoms with E-state index in [2.05, 4.69) is 15.3 Å². The van der Waals surface area contributed by atoms with Crippen molar-refractivity contribution in [2.45, 2.75) is 6.92 Å². The fraction of sp³-hybridized carbons (Fsp3) is 0.160. The van der Waals surface area contributed by atoms with Gasteiger partial charge in [-0.05, 0) is 61.0 Å². The van der Waals surface area contributed by atoms with E-state index in [1.807, 2.05) is 0 Å². The van der Waals surface area contributed by atoms with Gasteiger partial charge in [-0.3, -0.25) is 10.0 Å². The Labute approximate surface area is 200 Å². The molecule has 0 saturated carbocycles. The van der Waals surface area contributed by atoms with Crippen LogP contribution in [-0.2, 0) is 0 Å². The summed E-state index contributed by atoms with van der Waals surface area (Å²) in [6.07, 6.45) is 1.43. The van der Waals surface area contributed by atoms with Crippen molar-refractivity contribution in [2.75, 3.05) is 25.6 Å². The number of hydrogen-bond donors (Lipinski definition) is 3. The molecule has 0 saturated heterocycles. The first-order chi connectivity index (χ1) is 17.0. The first kappa shape index (κ1) is 23.7. The summed E-state index contributed by atoms with van der Waals surface area (Å²) in [5, 5.41) is 12.6. The van der Waals surface area contributed by atoms with Gasteiger partial charge in [0.15, 0.2) is 11.5 Å². The number of amides is 1. The van der Waals surface area contributed by atoms with Gasteiger partial charge in [0.05, 0.1) is 12.6 Å². The van der Waals surface area contributed by atoms with Crippen LogP contribution < -0.4 is 25.0 Å². The van der Waals surface area contributed by atoms with E-state index < -0.39 is 5.91 Å². The topological polar surface area (TPSA) is 115 Å². The van der Waals surface area contributed by atoms with E-state index in [1.54, 1.807) is 48.8 Å². The average Bonchev–Trinajstić information content (AvgIpc) is 2.88. The van der Waals surface area contributed by atoms with Gasteiger partial charge in [-0.1, -0.05) is 0 Å². The number of aromatic nitrogens is 2. The lowest BCUT2D eigenvalue weighted by molar-refractivity contribution is 0.0706. The van der Waals surface area contributed by atoms with Crippen molar-refractivity contribution >= 4 is 28.3 Å². The highest BCUT2D eigenvalue weighted by molar-refractivity contribution is 5.93. The SMILES string of the molecule is COc1cc2ncnc(Nc3ccc(F)c(C)c3)c2cc1OCCOc1ccc(C(=O)NO)cc1. The highest BCUT2D eigenvalue weighted by Gasteiger charge is 2.13. The molecular formula is C25H23FN4O5. The third-order valence-corrected chi connectivity index (χ3v) is 5.17. The summed E-state index contributed by atoms with van der Waals surface area (Å²) in [5.41, 5.74) is 3.74. The van der Waals surface area contributed by atoms with E-state index in [0.29, 0.717) is 50.8 Å². The second-order valence-electron chi connectivity index (χ2n) is 7.49. The Morgan fingerprint density at radius 1 is 1.00 bits per heavy atom. The van der Waals surface area contributed by atoms with Crippen LogP contribution in [0.3, 0.4) is 0 Å². The largest absolute Gasteiger partial charge is 0.493 e. The molecule has 0 unspecified atom stereocenters. The minimum Gasteiger partial charge on any atom is -0.493 e. The lowest BCUT2D eigenvalue weighted by Crippen LogP contribution is -2.18. The maximum absolute atomic E-state index is 13.6. The molecule has 0 fully saturated rings. The number of carbonyl (C=O) groups is 1. The summed E-state index contributed by atoms with van der Waals surface area (Å²) in [6, 6.07) is 14.6. The van der Waals surface area contributed by atoms with Gasteiger partial charge < -0.3 is 19.5 Å². The van der Waals surface area contributed by atoms with E-state index in [4.69, 9.17) is 19.4 Å². The first-order valence-electron chi connectivity index (χ1n) is 10.6. The Hall–Kier alpha value is -4.44. The number of anilines is 2. The van der Waals surface area contributed by atoms with Crippen molar-refractivity contribution < 1.29 is 28.6 Å². The van der Waals surface area contributed by atoms with Crippen LogP contribution in [0.25, 0.3) is 10.9 Å². The highest BCUT2D eigenvalue weighted by atomic mass is 19.1. The van der Waals surface area contributed by atoms with Crippen LogP contribution >= 0.6 is 0 Å². The fourth-order valence-electron chi connectivity index (χ4n) is 3.37. The van der Waals surface area contributed by atoms with Gasteiger partial charge in [0, 0.05) is 22.7 Å². The van der Waals surface area contributed by atoms with Gasteiger partial charge in [-0.2, -0.15) is 0 Å². The molecular weight excluding hydrogens is 455 g/mol. The number of hydroxylamine groups is 1. The average molecular weight is 478 g/mol. The van der Waals surface area contributed by atoms with E-state index in [0.717, 1.165) is 0 Å². The van der Waals surface area contributed by atoms with Crippen LogP contribution in [0, 0.1) is 12.7 Å². The predicted molar refractivity (Wildman–Crippen MR) is 127 cm³/mol. The highest BCUT2D eigenvalue weighted by Crippen LogP contribution is 2.35. The smallest absolute Gasteiger partial charge is 0.274 e. The molecule has 1 aromatic heterocycles. The molecule has 180 valence electrons. The molecule has 4 aromatic rings. The maximum atomic E-state index is 13.6. The molecule has 3 aromatic carbocycles. The Balaban J connectivity index is 1.47. The van der Waals surface area contributed by atoms with Crippen LogP contribution in [0.5, 0.6) is 17.2 Å². The Bertz CT molecular complexity index is 1350. The fourth-order valence-corrected chi connectivity index (χ4v) is 3.37. The van der Waals surface area contributed by atoms with Crippen LogP contribution in [0.15, 0.2) is 60.9 Å². The third-order valence-electron chi connectivity index (χ3n) is 5.17. The first-order valence-corrected chi connectivity index (χ1v) is 10.6. The Morgan fingerprint density at radius 3 is 2.49 bits per heavy atom. The molecule has 0 radical (unpaired) electrons. The van der Waals surface area contributed by atoms with Crippen molar-refractivity contribution in [1.82, 2.24) is 15.4 Å². The van der Waals surface area contributed by atoms with Crippen LogP contribution in [0.2, 0.25) is 0 Å². The van der Waals surface area contributed by atoms with Crippen molar-refractivity contribution in [2.24, 2.45) is 0 Å². The quantitative estimate of drug-likeness (QED) is 0.184. The molecule has 0 spiro atoms. The minimum atomic E-state index is -0.601. The summed E-state index contributed by atoms with van der Waals surface area (Å²) >= 11 is 0. The monoisotopic (exact) mass is 478 g/mol. The number of ether oxygens (including phenoxy) is 3. The number of hydrogen-bond acceptors (Lipinski definition) is 8. The molecule has 0 atom stereocenters. The molecule has 0 aliphatic heterocycles. The van der Waals surface area contributed by atoms with E-state index >= 15 is 0 Å². The number of carbonyl (C=O) groups excluding carboxylic acids is 1. The Kier molecular flexibility index (Phi) is 7.22. The molecule has 4 rings (SSSR count). The maximum Gasteiger partial charge on any atom is 0.274 e. The van der Waals surface area contributed by atoms with Gasteiger partial charge in [-0.15, -0.1) is 0 Å². The zero-order valence-electron chi connectivity index (χ0n) is 19.0. The zero-order valence-corrected chi connectivity index (χ0v) is 19.0. The van der Waals surface area contributed by atoms with Crippen LogP contribution in [0.4, 0.5) is 15.9 Å². The molecule has 3 N–H and O–H groups in total. The van der Waals surface area contributed by atoms with Gasteiger partial charge in [0.2, 0.25) is 0 Å². The summed E-state index contributed by atoms with van der Waals surface area (Å²) in [6.45, 7) is 2.14. The van der Waals surface area contributed by atoms with E-state index in [1.165, 1.54) is 31.6 Å². The lowest BCUT2D eigenvalue weighted by atomic mass is 10.2. The van der Waals surface area contributed by atoms with E-state index in [-0.39, 0.29) is 19.0 Å². The number of benzene rings is 3. The van der Waals surface area contributed by atoms with Gasteiger partial charge >= 0.3 is 0 Å². The molecule has 0 bridgehead atoms. The second-order valence-corrected chi connectivity index (χ2v) is 7.49. The molecule has 9 nitrogen and oxygen atoms in total. The number of halogens is 1. The predicted octanol–water partition coefficient (Wildman–Crippen LogP) is 4.41. The second kappa shape index (κ2) is 10.7.